The highest BCUT2D eigenvalue weighted by Crippen LogP contribution is 2.55. The summed E-state index contributed by atoms with van der Waals surface area (Å²) in [7, 11) is -6.88. The van der Waals surface area contributed by atoms with Gasteiger partial charge in [0.05, 0.1) is 0 Å². The molecule has 19 heteroatoms. The zero-order valence-corrected chi connectivity index (χ0v) is 21.9. The summed E-state index contributed by atoms with van der Waals surface area (Å²) >= 11 is 0. The van der Waals surface area contributed by atoms with Crippen molar-refractivity contribution in [1.82, 2.24) is 4.98 Å². The van der Waals surface area contributed by atoms with Crippen LogP contribution in [-0.2, 0) is 8.85 Å². The maximum absolute atomic E-state index is 14.6. The van der Waals surface area contributed by atoms with Crippen molar-refractivity contribution in [2.24, 2.45) is 0 Å². The highest BCUT2D eigenvalue weighted by molar-refractivity contribution is 6.70. The quantitative estimate of drug-likeness (QED) is 0.214. The van der Waals surface area contributed by atoms with Crippen LogP contribution in [-0.4, -0.2) is 57.7 Å². The van der Waals surface area contributed by atoms with E-state index < -0.39 is 76.3 Å². The van der Waals surface area contributed by atoms with Gasteiger partial charge in [-0.1, -0.05) is 0 Å². The molecule has 0 saturated heterocycles. The van der Waals surface area contributed by atoms with Gasteiger partial charge in [-0.05, 0) is 51.4 Å². The summed E-state index contributed by atoms with van der Waals surface area (Å²) in [5.74, 6) is -25.6. The highest BCUT2D eigenvalue weighted by atomic mass is 28.4. The standard InChI is InChI=1S/C18H23F14NO2Si2/c1-36(2,3)34-11(13(19,20)15(23,24)17(27,28)29)9-7-8-10(33-9)12(35-37(4,5)6)14(21,22)16(25,26)18(30,31)32/h7-8,11-12,33H,1-6H3. The van der Waals surface area contributed by atoms with Gasteiger partial charge in [0.2, 0.25) is 0 Å². The summed E-state index contributed by atoms with van der Waals surface area (Å²) in [6.07, 6.45) is -20.6. The Morgan fingerprint density at radius 1 is 0.541 bits per heavy atom. The lowest BCUT2D eigenvalue weighted by molar-refractivity contribution is -0.371. The summed E-state index contributed by atoms with van der Waals surface area (Å²) < 4.78 is 200. The van der Waals surface area contributed by atoms with Gasteiger partial charge in [-0.25, -0.2) is 0 Å². The Kier molecular flexibility index (Phi) is 8.82. The predicted octanol–water partition coefficient (Wildman–Crippen LogP) is 8.47. The monoisotopic (exact) mass is 607 g/mol. The van der Waals surface area contributed by atoms with E-state index in [9.17, 15) is 61.5 Å². The maximum Gasteiger partial charge on any atom is 0.459 e. The molecule has 0 saturated carbocycles. The van der Waals surface area contributed by atoms with Gasteiger partial charge in [-0.15, -0.1) is 0 Å². The number of alkyl halides is 14. The van der Waals surface area contributed by atoms with E-state index in [1.54, 1.807) is 4.98 Å². The molecule has 218 valence electrons. The molecule has 1 N–H and O–H groups in total. The second-order valence-electron chi connectivity index (χ2n) is 9.98. The second-order valence-corrected chi connectivity index (χ2v) is 18.9. The van der Waals surface area contributed by atoms with Crippen molar-refractivity contribution >= 4 is 16.6 Å². The van der Waals surface area contributed by atoms with Gasteiger partial charge in [0.15, 0.2) is 28.8 Å². The lowest BCUT2D eigenvalue weighted by Crippen LogP contribution is -2.57. The van der Waals surface area contributed by atoms with Crippen LogP contribution in [0.4, 0.5) is 61.5 Å². The molecule has 1 heterocycles. The average Bonchev–Trinajstić information content (AvgIpc) is 3.09. The topological polar surface area (TPSA) is 34.2 Å². The Labute approximate surface area is 203 Å². The van der Waals surface area contributed by atoms with E-state index in [0.29, 0.717) is 0 Å². The molecule has 1 rings (SSSR count). The molecule has 2 atom stereocenters. The van der Waals surface area contributed by atoms with Crippen LogP contribution in [0.15, 0.2) is 12.1 Å². The number of hydrogen-bond acceptors (Lipinski definition) is 2. The Bertz CT molecular complexity index is 856. The molecular weight excluding hydrogens is 584 g/mol. The van der Waals surface area contributed by atoms with Crippen LogP contribution in [0, 0.1) is 0 Å². The lowest BCUT2D eigenvalue weighted by Gasteiger charge is -2.37. The molecule has 0 radical (unpaired) electrons. The third-order valence-corrected chi connectivity index (χ3v) is 6.33. The van der Waals surface area contributed by atoms with Crippen molar-refractivity contribution < 1.29 is 70.3 Å². The van der Waals surface area contributed by atoms with Gasteiger partial charge in [-0.2, -0.15) is 61.5 Å². The van der Waals surface area contributed by atoms with Crippen LogP contribution >= 0.6 is 0 Å². The number of nitrogens with one attached hydrogen (secondary N) is 1. The maximum atomic E-state index is 14.6. The number of rotatable bonds is 10. The minimum absolute atomic E-state index is 0.239. The van der Waals surface area contributed by atoms with Crippen molar-refractivity contribution in [3.63, 3.8) is 0 Å². The first kappa shape index (κ1) is 33.7. The predicted molar refractivity (Wildman–Crippen MR) is 107 cm³/mol. The SMILES string of the molecule is C[Si](C)(C)OC(c1ccc(C(O[Si](C)(C)C)C(F)(F)C(F)(F)C(F)(F)F)[nH]1)C(F)(F)C(F)(F)C(F)(F)F. The molecule has 0 fully saturated rings. The normalized spacial score (nSPS) is 17.2. The number of aromatic nitrogens is 1. The van der Waals surface area contributed by atoms with Crippen LogP contribution in [0.5, 0.6) is 0 Å². The first-order valence-electron chi connectivity index (χ1n) is 10.1. The van der Waals surface area contributed by atoms with Crippen molar-refractivity contribution in [3.8, 4) is 0 Å². The van der Waals surface area contributed by atoms with Gasteiger partial charge in [0, 0.05) is 11.4 Å². The Balaban J connectivity index is 3.80. The molecule has 2 unspecified atom stereocenters. The van der Waals surface area contributed by atoms with E-state index in [0.717, 1.165) is 39.3 Å². The summed E-state index contributed by atoms with van der Waals surface area (Å²) in [6.45, 7) is 6.59. The summed E-state index contributed by atoms with van der Waals surface area (Å²) in [6, 6.07) is 0.478. The average molecular weight is 608 g/mol. The van der Waals surface area contributed by atoms with Gasteiger partial charge in [0.25, 0.3) is 0 Å². The molecule has 3 nitrogen and oxygen atoms in total. The Morgan fingerprint density at radius 3 is 0.973 bits per heavy atom. The molecule has 0 aliphatic carbocycles. The summed E-state index contributed by atoms with van der Waals surface area (Å²) in [5, 5.41) is 0. The number of hydrogen-bond donors (Lipinski definition) is 1. The van der Waals surface area contributed by atoms with Gasteiger partial charge >= 0.3 is 36.0 Å². The number of halogens is 14. The third-order valence-electron chi connectivity index (χ3n) is 4.45. The molecule has 1 aromatic heterocycles. The zero-order valence-electron chi connectivity index (χ0n) is 19.9. The number of aromatic amines is 1. The molecular formula is C18H23F14NO2Si2. The lowest BCUT2D eigenvalue weighted by atomic mass is 10.0. The van der Waals surface area contributed by atoms with Crippen LogP contribution in [0.1, 0.15) is 23.6 Å². The molecule has 37 heavy (non-hydrogen) atoms. The third kappa shape index (κ3) is 6.81. The summed E-state index contributed by atoms with van der Waals surface area (Å²) in [4.78, 5) is 1.55. The largest absolute Gasteiger partial charge is 0.459 e. The summed E-state index contributed by atoms with van der Waals surface area (Å²) in [5.41, 5.74) is -2.83. The first-order valence-corrected chi connectivity index (χ1v) is 16.9. The van der Waals surface area contributed by atoms with Crippen molar-refractivity contribution in [2.45, 2.75) is 87.5 Å². The fourth-order valence-electron chi connectivity index (χ4n) is 2.82. The van der Waals surface area contributed by atoms with Gasteiger partial charge in [-0.3, -0.25) is 0 Å². The zero-order chi connectivity index (χ0) is 29.8. The number of H-pyrrole nitrogens is 1. The van der Waals surface area contributed by atoms with E-state index >= 15 is 0 Å². The molecule has 0 aliphatic rings. The van der Waals surface area contributed by atoms with E-state index in [1.807, 2.05) is 0 Å². The van der Waals surface area contributed by atoms with Crippen LogP contribution in [0.25, 0.3) is 0 Å². The van der Waals surface area contributed by atoms with Crippen molar-refractivity contribution in [1.29, 1.82) is 0 Å². The molecule has 0 aromatic carbocycles. The van der Waals surface area contributed by atoms with Crippen LogP contribution < -0.4 is 0 Å². The fraction of sp³-hybridized carbons (Fsp3) is 0.778. The Morgan fingerprint density at radius 2 is 0.784 bits per heavy atom. The molecule has 1 aromatic rings. The fourth-order valence-corrected chi connectivity index (χ4v) is 4.78. The van der Waals surface area contributed by atoms with Gasteiger partial charge in [0.1, 0.15) is 0 Å². The minimum Gasteiger partial charge on any atom is -0.404 e. The smallest absolute Gasteiger partial charge is 0.404 e. The van der Waals surface area contributed by atoms with Crippen molar-refractivity contribution in [2.75, 3.05) is 0 Å². The van der Waals surface area contributed by atoms with Crippen molar-refractivity contribution in [3.05, 3.63) is 23.5 Å². The first-order chi connectivity index (χ1) is 15.9. The Hall–Kier alpha value is -1.35. The van der Waals surface area contributed by atoms with Crippen LogP contribution in [0.2, 0.25) is 39.3 Å². The van der Waals surface area contributed by atoms with E-state index in [-0.39, 0.29) is 12.1 Å². The van der Waals surface area contributed by atoms with E-state index in [1.165, 1.54) is 0 Å². The highest BCUT2D eigenvalue weighted by Gasteiger charge is 2.77. The minimum atomic E-state index is -6.81. The molecule has 0 bridgehead atoms. The van der Waals surface area contributed by atoms with E-state index in [4.69, 9.17) is 8.85 Å². The van der Waals surface area contributed by atoms with Gasteiger partial charge < -0.3 is 13.8 Å². The molecule has 0 amide bonds. The molecule has 0 aliphatic heterocycles. The molecule has 0 spiro atoms. The van der Waals surface area contributed by atoms with E-state index in [2.05, 4.69) is 0 Å². The second kappa shape index (κ2) is 9.69. The van der Waals surface area contributed by atoms with Crippen LogP contribution in [0.3, 0.4) is 0 Å².